The molecule has 2 aliphatic carbocycles. The first-order chi connectivity index (χ1) is 20.2. The van der Waals surface area contributed by atoms with E-state index in [0.29, 0.717) is 15.6 Å². The molecule has 0 bridgehead atoms. The van der Waals surface area contributed by atoms with Gasteiger partial charge in [-0.25, -0.2) is 0 Å². The molecule has 0 radical (unpaired) electrons. The van der Waals surface area contributed by atoms with E-state index in [1.165, 1.54) is 44.5 Å². The summed E-state index contributed by atoms with van der Waals surface area (Å²) in [5, 5.41) is 21.8. The number of benzene rings is 2. The lowest BCUT2D eigenvalue weighted by Gasteiger charge is -2.51. The van der Waals surface area contributed by atoms with Gasteiger partial charge in [-0.15, -0.1) is 23.2 Å². The molecular weight excluding hydrogens is 737 g/mol. The summed E-state index contributed by atoms with van der Waals surface area (Å²) in [6.45, 7) is 0. The summed E-state index contributed by atoms with van der Waals surface area (Å²) in [7, 11) is 2.64. The number of hydrogen-bond donors (Lipinski definition) is 1. The molecule has 2 aromatic carbocycles. The number of halogens is 4. The van der Waals surface area contributed by atoms with Crippen LogP contribution < -0.4 is 9.64 Å². The van der Waals surface area contributed by atoms with Gasteiger partial charge in [-0.1, -0.05) is 11.6 Å². The maximum absolute atomic E-state index is 14.1. The number of methoxy groups -OCH3 is 1. The molecule has 6 rings (SSSR count). The number of anilines is 1. The third-order valence-corrected chi connectivity index (χ3v) is 12.6. The number of non-ortho nitro benzene ring substituents is 1. The smallest absolute Gasteiger partial charge is 0.269 e. The SMILES string of the molecule is COc1cc([C@H]2C3=CC[C@@H]4C(=O)N(c5ccc([N+](=O)[O-])cc5)C(=O)[C@@H]4[C@@H]3C[C@@]3(Cl)C(=O)N(C)C(=O)[C@@]23Cl)c(Br)c(Br)c1O. The predicted octanol–water partition coefficient (Wildman–Crippen LogP) is 5.03. The number of carbonyl (C=O) groups excluding carboxylic acids is 4. The number of nitro benzene ring substituents is 1. The molecule has 224 valence electrons. The van der Waals surface area contributed by atoms with E-state index in [4.69, 9.17) is 27.9 Å². The van der Waals surface area contributed by atoms with Crippen molar-refractivity contribution < 1.29 is 33.9 Å². The molecular formula is C28H21Br2Cl2N3O8. The quantitative estimate of drug-likeness (QED) is 0.150. The number of alkyl halides is 2. The van der Waals surface area contributed by atoms with Crippen LogP contribution >= 0.6 is 55.1 Å². The van der Waals surface area contributed by atoms with Crippen molar-refractivity contribution in [3.63, 3.8) is 0 Å². The van der Waals surface area contributed by atoms with Crippen LogP contribution in [0.25, 0.3) is 0 Å². The van der Waals surface area contributed by atoms with Crippen molar-refractivity contribution in [2.24, 2.45) is 17.8 Å². The number of phenols is 1. The fourth-order valence-corrected chi connectivity index (χ4v) is 9.01. The molecule has 15 heteroatoms. The van der Waals surface area contributed by atoms with E-state index in [2.05, 4.69) is 31.9 Å². The Kier molecular flexibility index (Phi) is 7.00. The van der Waals surface area contributed by atoms with Crippen molar-refractivity contribution in [3.8, 4) is 11.5 Å². The monoisotopic (exact) mass is 755 g/mol. The molecule has 0 aromatic heterocycles. The average Bonchev–Trinajstić information content (AvgIpc) is 3.31. The topological polar surface area (TPSA) is 147 Å². The van der Waals surface area contributed by atoms with Gasteiger partial charge in [-0.2, -0.15) is 0 Å². The molecule has 2 aliphatic heterocycles. The minimum atomic E-state index is -2.02. The van der Waals surface area contributed by atoms with Crippen LogP contribution in [0.4, 0.5) is 11.4 Å². The number of fused-ring (bicyclic) bond motifs is 4. The zero-order valence-corrected chi connectivity index (χ0v) is 27.0. The lowest BCUT2D eigenvalue weighted by molar-refractivity contribution is -0.384. The number of nitro groups is 1. The lowest BCUT2D eigenvalue weighted by Crippen LogP contribution is -2.60. The summed E-state index contributed by atoms with van der Waals surface area (Å²) in [4.78, 5) is 63.6. The van der Waals surface area contributed by atoms with Gasteiger partial charge in [0, 0.05) is 29.6 Å². The van der Waals surface area contributed by atoms with Crippen LogP contribution in [0.5, 0.6) is 11.5 Å². The molecule has 4 amide bonds. The van der Waals surface area contributed by atoms with E-state index in [0.717, 1.165) is 9.80 Å². The number of rotatable bonds is 4. The van der Waals surface area contributed by atoms with Gasteiger partial charge in [-0.05, 0) is 74.4 Å². The predicted molar refractivity (Wildman–Crippen MR) is 161 cm³/mol. The standard InChI is InChI=1S/C28H21Br2Cl2N3O8/c1-33-25(39)27(31)10-16-13(19(28(27,32)26(33)40)15-9-17(43-2)22(36)21(30)20(15)29)7-8-14-18(16)24(38)34(23(14)37)11-3-5-12(6-4-11)35(41)42/h3-7,9,14,16,18-19,36H,8,10H2,1-2H3/t14-,16+,18-,19+,27+,28-/m0/s1. The summed E-state index contributed by atoms with van der Waals surface area (Å²) in [5.41, 5.74) is 0.905. The summed E-state index contributed by atoms with van der Waals surface area (Å²) in [6.07, 6.45) is 1.71. The molecule has 6 atom stereocenters. The first kappa shape index (κ1) is 30.0. The zero-order valence-electron chi connectivity index (χ0n) is 22.3. The first-order valence-electron chi connectivity index (χ1n) is 13.0. The molecule has 4 aliphatic rings. The van der Waals surface area contributed by atoms with Crippen molar-refractivity contribution in [1.29, 1.82) is 0 Å². The van der Waals surface area contributed by atoms with Gasteiger partial charge in [0.15, 0.2) is 21.2 Å². The highest BCUT2D eigenvalue weighted by molar-refractivity contribution is 9.13. The van der Waals surface area contributed by atoms with Crippen molar-refractivity contribution in [3.05, 3.63) is 66.6 Å². The first-order valence-corrected chi connectivity index (χ1v) is 15.3. The van der Waals surface area contributed by atoms with Gasteiger partial charge >= 0.3 is 0 Å². The Morgan fingerprint density at radius 1 is 1.05 bits per heavy atom. The Morgan fingerprint density at radius 3 is 2.30 bits per heavy atom. The Labute approximate surface area is 271 Å². The van der Waals surface area contributed by atoms with E-state index in [-0.39, 0.29) is 40.2 Å². The molecule has 43 heavy (non-hydrogen) atoms. The number of hydrogen-bond acceptors (Lipinski definition) is 8. The van der Waals surface area contributed by atoms with Crippen LogP contribution in [0.2, 0.25) is 0 Å². The van der Waals surface area contributed by atoms with E-state index < -0.39 is 62.0 Å². The van der Waals surface area contributed by atoms with Crippen LogP contribution in [0.15, 0.2) is 50.9 Å². The summed E-state index contributed by atoms with van der Waals surface area (Å²) < 4.78 is 5.90. The second kappa shape index (κ2) is 10.0. The van der Waals surface area contributed by atoms with Gasteiger partial charge in [0.1, 0.15) is 0 Å². The number of nitrogens with zero attached hydrogens (tertiary/aromatic N) is 3. The molecule has 1 saturated carbocycles. The highest BCUT2D eigenvalue weighted by Gasteiger charge is 2.76. The maximum atomic E-state index is 14.1. The Morgan fingerprint density at radius 2 is 1.70 bits per heavy atom. The van der Waals surface area contributed by atoms with E-state index >= 15 is 0 Å². The Hall–Kier alpha value is -3.00. The van der Waals surface area contributed by atoms with Crippen LogP contribution in [0, 0.1) is 27.9 Å². The number of amides is 4. The Balaban J connectivity index is 1.53. The van der Waals surface area contributed by atoms with E-state index in [1.54, 1.807) is 6.08 Å². The third-order valence-electron chi connectivity index (χ3n) is 9.04. The summed E-state index contributed by atoms with van der Waals surface area (Å²) in [6, 6.07) is 6.58. The highest BCUT2D eigenvalue weighted by Crippen LogP contribution is 2.66. The second-order valence-corrected chi connectivity index (χ2v) is 13.8. The normalized spacial score (nSPS) is 31.5. The number of ether oxygens (including phenoxy) is 1. The van der Waals surface area contributed by atoms with Crippen LogP contribution in [0.1, 0.15) is 24.3 Å². The van der Waals surface area contributed by atoms with Gasteiger partial charge in [0.2, 0.25) is 11.8 Å². The van der Waals surface area contributed by atoms with E-state index in [9.17, 15) is 34.4 Å². The van der Waals surface area contributed by atoms with Gasteiger partial charge < -0.3 is 9.84 Å². The van der Waals surface area contributed by atoms with Gasteiger partial charge in [0.25, 0.3) is 17.5 Å². The van der Waals surface area contributed by atoms with E-state index in [1.807, 2.05) is 0 Å². The number of imide groups is 2. The molecule has 2 aromatic rings. The molecule has 1 N–H and O–H groups in total. The number of aromatic hydroxyl groups is 1. The molecule has 11 nitrogen and oxygen atoms in total. The van der Waals surface area contributed by atoms with Crippen LogP contribution in [-0.4, -0.2) is 62.5 Å². The molecule has 0 spiro atoms. The van der Waals surface area contributed by atoms with Crippen molar-refractivity contribution in [2.45, 2.75) is 28.5 Å². The summed E-state index contributed by atoms with van der Waals surface area (Å²) >= 11 is 21.2. The summed E-state index contributed by atoms with van der Waals surface area (Å²) in [5.74, 6) is -6.24. The van der Waals surface area contributed by atoms with Gasteiger partial charge in [-0.3, -0.25) is 39.1 Å². The molecule has 2 saturated heterocycles. The van der Waals surface area contributed by atoms with Crippen molar-refractivity contribution in [2.75, 3.05) is 19.1 Å². The average molecular weight is 758 g/mol. The minimum absolute atomic E-state index is 0.0588. The maximum Gasteiger partial charge on any atom is 0.269 e. The van der Waals surface area contributed by atoms with Crippen LogP contribution in [-0.2, 0) is 19.2 Å². The molecule has 3 fully saturated rings. The third kappa shape index (κ3) is 3.83. The van der Waals surface area contributed by atoms with Gasteiger partial charge in [0.05, 0.1) is 34.0 Å². The van der Waals surface area contributed by atoms with Crippen LogP contribution in [0.3, 0.4) is 0 Å². The second-order valence-electron chi connectivity index (χ2n) is 10.9. The molecule has 0 unspecified atom stereocenters. The van der Waals surface area contributed by atoms with Crippen molar-refractivity contribution >= 4 is 90.1 Å². The minimum Gasteiger partial charge on any atom is -0.503 e. The van der Waals surface area contributed by atoms with Crippen molar-refractivity contribution in [1.82, 2.24) is 4.90 Å². The number of likely N-dealkylation sites (tertiary alicyclic amines) is 1. The lowest BCUT2D eigenvalue weighted by atomic mass is 9.56. The number of carbonyl (C=O) groups is 4. The fraction of sp³-hybridized carbons (Fsp3) is 0.357. The number of phenolic OH excluding ortho intramolecular Hbond substituents is 1. The highest BCUT2D eigenvalue weighted by atomic mass is 79.9. The Bertz CT molecular complexity index is 1700. The zero-order chi connectivity index (χ0) is 31.3. The number of allylic oxidation sites excluding steroid dienone is 2. The fourth-order valence-electron chi connectivity index (χ4n) is 7.04. The molecule has 2 heterocycles. The largest absolute Gasteiger partial charge is 0.503 e.